The maximum absolute atomic E-state index is 12.5. The third-order valence-corrected chi connectivity index (χ3v) is 5.26. The van der Waals surface area contributed by atoms with Gasteiger partial charge in [-0.15, -0.1) is 0 Å². The highest BCUT2D eigenvalue weighted by Crippen LogP contribution is 2.40. The zero-order valence-electron chi connectivity index (χ0n) is 14.8. The molecule has 4 aromatic rings. The van der Waals surface area contributed by atoms with E-state index in [1.165, 1.54) is 11.1 Å². The highest BCUT2D eigenvalue weighted by atomic mass is 16.1. The Hall–Kier alpha value is -3.40. The van der Waals surface area contributed by atoms with E-state index < -0.39 is 0 Å². The normalized spacial score (nSPS) is 16.1. The molecule has 0 aliphatic carbocycles. The number of hydrogen-bond donors (Lipinski definition) is 1. The number of nitrogens with one attached hydrogen (secondary N) is 1. The van der Waals surface area contributed by atoms with Gasteiger partial charge in [0.15, 0.2) is 0 Å². The van der Waals surface area contributed by atoms with E-state index in [4.69, 9.17) is 0 Å². The third kappa shape index (κ3) is 2.79. The van der Waals surface area contributed by atoms with Gasteiger partial charge in [-0.25, -0.2) is 0 Å². The Morgan fingerprint density at radius 3 is 2.74 bits per heavy atom. The first-order chi connectivity index (χ1) is 13.3. The van der Waals surface area contributed by atoms with Crippen molar-refractivity contribution in [2.45, 2.75) is 18.9 Å². The fourth-order valence-electron chi connectivity index (χ4n) is 4.04. The minimum atomic E-state index is 0.00173. The average Bonchev–Trinajstić information content (AvgIpc) is 2.99. The van der Waals surface area contributed by atoms with Gasteiger partial charge in [0.25, 0.3) is 0 Å². The van der Waals surface area contributed by atoms with Crippen LogP contribution in [0.2, 0.25) is 0 Å². The molecule has 1 atom stereocenters. The molecule has 0 fully saturated rings. The second-order valence-corrected chi connectivity index (χ2v) is 6.99. The van der Waals surface area contributed by atoms with Crippen LogP contribution in [0.4, 0.5) is 5.69 Å². The van der Waals surface area contributed by atoms with E-state index in [9.17, 15) is 4.79 Å². The van der Waals surface area contributed by atoms with Crippen molar-refractivity contribution < 1.29 is 4.79 Å². The monoisotopic (exact) mass is 353 g/mol. The summed E-state index contributed by atoms with van der Waals surface area (Å²) in [4.78, 5) is 16.8. The quantitative estimate of drug-likeness (QED) is 0.587. The fraction of sp³-hybridized carbons (Fsp3) is 0.130. The number of aromatic nitrogens is 2. The van der Waals surface area contributed by atoms with Crippen molar-refractivity contribution in [1.82, 2.24) is 9.55 Å². The van der Waals surface area contributed by atoms with E-state index in [-0.39, 0.29) is 11.8 Å². The number of hydrogen-bond acceptors (Lipinski definition) is 2. The van der Waals surface area contributed by atoms with E-state index in [1.807, 2.05) is 30.5 Å². The lowest BCUT2D eigenvalue weighted by Gasteiger charge is -2.13. The van der Waals surface area contributed by atoms with Gasteiger partial charge in [0.05, 0.1) is 11.2 Å². The number of carbonyl (C=O) groups is 1. The molecule has 3 heterocycles. The Kier molecular flexibility index (Phi) is 3.75. The van der Waals surface area contributed by atoms with Crippen LogP contribution in [0.3, 0.4) is 0 Å². The Labute approximate surface area is 157 Å². The van der Waals surface area contributed by atoms with Gasteiger partial charge in [-0.2, -0.15) is 0 Å². The van der Waals surface area contributed by atoms with Crippen LogP contribution in [-0.2, 0) is 11.3 Å². The van der Waals surface area contributed by atoms with Crippen molar-refractivity contribution in [2.24, 2.45) is 0 Å². The summed E-state index contributed by atoms with van der Waals surface area (Å²) in [7, 11) is 0. The number of carbonyl (C=O) groups excluding carboxylic acids is 1. The molecule has 5 rings (SSSR count). The van der Waals surface area contributed by atoms with Crippen molar-refractivity contribution in [3.8, 4) is 0 Å². The Morgan fingerprint density at radius 1 is 1.04 bits per heavy atom. The van der Waals surface area contributed by atoms with Crippen molar-refractivity contribution in [2.75, 3.05) is 5.32 Å². The molecule has 0 spiro atoms. The van der Waals surface area contributed by atoms with E-state index >= 15 is 0 Å². The topological polar surface area (TPSA) is 46.9 Å². The first-order valence-corrected chi connectivity index (χ1v) is 9.15. The summed E-state index contributed by atoms with van der Waals surface area (Å²) in [6.45, 7) is 0.800. The molecule has 1 aliphatic rings. The summed E-state index contributed by atoms with van der Waals surface area (Å²) in [6.07, 6.45) is 6.26. The molecule has 2 aromatic carbocycles. The number of anilines is 1. The lowest BCUT2D eigenvalue weighted by molar-refractivity contribution is -0.116. The van der Waals surface area contributed by atoms with Gasteiger partial charge in [-0.3, -0.25) is 9.78 Å². The first kappa shape index (κ1) is 15.8. The van der Waals surface area contributed by atoms with Gasteiger partial charge in [0.1, 0.15) is 0 Å². The molecule has 0 bridgehead atoms. The fourth-order valence-corrected chi connectivity index (χ4v) is 4.04. The summed E-state index contributed by atoms with van der Waals surface area (Å²) in [6, 6.07) is 20.6. The van der Waals surface area contributed by atoms with Crippen molar-refractivity contribution in [3.05, 3.63) is 95.9 Å². The molecule has 1 N–H and O–H groups in total. The van der Waals surface area contributed by atoms with E-state index in [0.717, 1.165) is 28.7 Å². The van der Waals surface area contributed by atoms with Gasteiger partial charge >= 0.3 is 0 Å². The largest absolute Gasteiger partial charge is 0.343 e. The van der Waals surface area contributed by atoms with Gasteiger partial charge < -0.3 is 9.88 Å². The van der Waals surface area contributed by atoms with Crippen LogP contribution in [0.1, 0.15) is 29.0 Å². The van der Waals surface area contributed by atoms with Crippen LogP contribution in [0, 0.1) is 0 Å². The van der Waals surface area contributed by atoms with Crippen LogP contribution in [0.15, 0.2) is 79.3 Å². The molecule has 1 amide bonds. The molecule has 0 saturated heterocycles. The van der Waals surface area contributed by atoms with Gasteiger partial charge in [0.2, 0.25) is 5.91 Å². The second kappa shape index (κ2) is 6.40. The van der Waals surface area contributed by atoms with Crippen molar-refractivity contribution >= 4 is 22.5 Å². The smallest absolute Gasteiger partial charge is 0.225 e. The number of benzene rings is 2. The molecule has 0 saturated carbocycles. The van der Waals surface area contributed by atoms with E-state index in [2.05, 4.69) is 57.5 Å². The predicted octanol–water partition coefficient (Wildman–Crippen LogP) is 4.56. The predicted molar refractivity (Wildman–Crippen MR) is 107 cm³/mol. The molecule has 4 nitrogen and oxygen atoms in total. The zero-order chi connectivity index (χ0) is 18.2. The zero-order valence-corrected chi connectivity index (χ0v) is 14.8. The summed E-state index contributed by atoms with van der Waals surface area (Å²) < 4.78 is 2.28. The molecule has 27 heavy (non-hydrogen) atoms. The van der Waals surface area contributed by atoms with Crippen LogP contribution in [-0.4, -0.2) is 15.5 Å². The standard InChI is InChI=1S/C23H19N3O/c27-22-12-18(17-8-5-11-24-13-17)19-15-26(14-16-6-2-1-3-7-16)21-10-4-9-20(25-22)23(19)21/h1-11,13,15,18H,12,14H2,(H,25,27). The highest BCUT2D eigenvalue weighted by molar-refractivity contribution is 6.06. The second-order valence-electron chi connectivity index (χ2n) is 6.99. The Morgan fingerprint density at radius 2 is 1.93 bits per heavy atom. The Bertz CT molecular complexity index is 1120. The summed E-state index contributed by atoms with van der Waals surface area (Å²) >= 11 is 0. The molecule has 2 aromatic heterocycles. The first-order valence-electron chi connectivity index (χ1n) is 9.15. The molecule has 132 valence electrons. The number of pyridine rings is 1. The van der Waals surface area contributed by atoms with E-state index in [0.29, 0.717) is 6.42 Å². The SMILES string of the molecule is O=C1CC(c2cccnc2)c2cn(Cc3ccccc3)c3cccc(c23)N1. The molecule has 4 heteroatoms. The van der Waals surface area contributed by atoms with Crippen LogP contribution in [0.25, 0.3) is 10.9 Å². The summed E-state index contributed by atoms with van der Waals surface area (Å²) in [5.74, 6) is 0.0454. The van der Waals surface area contributed by atoms with Crippen LogP contribution >= 0.6 is 0 Å². The maximum Gasteiger partial charge on any atom is 0.225 e. The van der Waals surface area contributed by atoms with Crippen molar-refractivity contribution in [3.63, 3.8) is 0 Å². The van der Waals surface area contributed by atoms with Crippen LogP contribution in [0.5, 0.6) is 0 Å². The van der Waals surface area contributed by atoms with Gasteiger partial charge in [-0.1, -0.05) is 42.5 Å². The minimum Gasteiger partial charge on any atom is -0.343 e. The third-order valence-electron chi connectivity index (χ3n) is 5.26. The number of amides is 1. The lowest BCUT2D eigenvalue weighted by atomic mass is 9.90. The van der Waals surface area contributed by atoms with Gasteiger partial charge in [0, 0.05) is 42.9 Å². The van der Waals surface area contributed by atoms with Crippen molar-refractivity contribution in [1.29, 1.82) is 0 Å². The summed E-state index contributed by atoms with van der Waals surface area (Å²) in [5, 5.41) is 4.22. The maximum atomic E-state index is 12.5. The molecular weight excluding hydrogens is 334 g/mol. The molecule has 0 radical (unpaired) electrons. The minimum absolute atomic E-state index is 0.00173. The van der Waals surface area contributed by atoms with Gasteiger partial charge in [-0.05, 0) is 34.9 Å². The lowest BCUT2D eigenvalue weighted by Crippen LogP contribution is -2.14. The summed E-state index contributed by atoms with van der Waals surface area (Å²) in [5.41, 5.74) is 5.55. The van der Waals surface area contributed by atoms with Crippen LogP contribution < -0.4 is 5.32 Å². The number of rotatable bonds is 3. The molecular formula is C23H19N3O. The molecule has 1 unspecified atom stereocenters. The number of nitrogens with zero attached hydrogens (tertiary/aromatic N) is 2. The highest BCUT2D eigenvalue weighted by Gasteiger charge is 2.27. The van der Waals surface area contributed by atoms with E-state index in [1.54, 1.807) is 6.20 Å². The molecule has 1 aliphatic heterocycles. The average molecular weight is 353 g/mol. The Balaban J connectivity index is 1.71.